The van der Waals surface area contributed by atoms with E-state index in [1.54, 1.807) is 12.5 Å². The van der Waals surface area contributed by atoms with Gasteiger partial charge in [0.15, 0.2) is 0 Å². The van der Waals surface area contributed by atoms with Crippen molar-refractivity contribution in [2.45, 2.75) is 12.5 Å². The number of aryl methyl sites for hydroxylation is 1. The van der Waals surface area contributed by atoms with Gasteiger partial charge in [-0.05, 0) is 24.1 Å². The summed E-state index contributed by atoms with van der Waals surface area (Å²) in [5.74, 6) is 5.69. The molecule has 0 aliphatic rings. The zero-order valence-corrected chi connectivity index (χ0v) is 10.7. The van der Waals surface area contributed by atoms with Crippen LogP contribution in [0.1, 0.15) is 17.3 Å². The van der Waals surface area contributed by atoms with Crippen LogP contribution in [-0.2, 0) is 13.5 Å². The first-order valence-corrected chi connectivity index (χ1v) is 6.18. The standard InChI is InChI=1S/C14H16N4O/c1-18-13-5-3-2-4-11(13)14(17-18)12(16-15)8-10-6-7-19-9-10/h2-7,9,12,16H,8,15H2,1H3. The molecule has 19 heavy (non-hydrogen) atoms. The Labute approximate surface area is 111 Å². The number of hydrogen-bond acceptors (Lipinski definition) is 4. The Balaban J connectivity index is 2.01. The lowest BCUT2D eigenvalue weighted by atomic mass is 10.0. The SMILES string of the molecule is Cn1nc(C(Cc2ccoc2)NN)c2ccccc21. The van der Waals surface area contributed by atoms with Gasteiger partial charge in [0.25, 0.3) is 0 Å². The van der Waals surface area contributed by atoms with Gasteiger partial charge in [0.1, 0.15) is 0 Å². The first-order valence-electron chi connectivity index (χ1n) is 6.18. The molecule has 0 bridgehead atoms. The Bertz CT molecular complexity index is 672. The number of rotatable bonds is 4. The second-order valence-corrected chi connectivity index (χ2v) is 4.58. The summed E-state index contributed by atoms with van der Waals surface area (Å²) in [5, 5.41) is 5.71. The van der Waals surface area contributed by atoms with E-state index in [2.05, 4.69) is 22.7 Å². The van der Waals surface area contributed by atoms with E-state index in [0.717, 1.165) is 28.6 Å². The maximum Gasteiger partial charge on any atom is 0.0935 e. The van der Waals surface area contributed by atoms with Crippen molar-refractivity contribution < 1.29 is 4.42 Å². The van der Waals surface area contributed by atoms with Crippen molar-refractivity contribution in [1.29, 1.82) is 0 Å². The van der Waals surface area contributed by atoms with Crippen LogP contribution >= 0.6 is 0 Å². The third kappa shape index (κ3) is 2.14. The smallest absolute Gasteiger partial charge is 0.0935 e. The topological polar surface area (TPSA) is 69.0 Å². The van der Waals surface area contributed by atoms with Crippen LogP contribution in [0.15, 0.2) is 47.3 Å². The van der Waals surface area contributed by atoms with Crippen molar-refractivity contribution >= 4 is 10.9 Å². The molecule has 3 N–H and O–H groups in total. The first-order chi connectivity index (χ1) is 9.29. The number of hydrazine groups is 1. The van der Waals surface area contributed by atoms with Crippen molar-refractivity contribution in [3.63, 3.8) is 0 Å². The molecule has 5 heteroatoms. The van der Waals surface area contributed by atoms with Gasteiger partial charge in [-0.1, -0.05) is 18.2 Å². The van der Waals surface area contributed by atoms with Gasteiger partial charge < -0.3 is 4.42 Å². The highest BCUT2D eigenvalue weighted by Crippen LogP contribution is 2.25. The summed E-state index contributed by atoms with van der Waals surface area (Å²) in [7, 11) is 1.94. The van der Waals surface area contributed by atoms with Crippen molar-refractivity contribution in [2.75, 3.05) is 0 Å². The van der Waals surface area contributed by atoms with E-state index in [-0.39, 0.29) is 6.04 Å². The molecule has 0 spiro atoms. The summed E-state index contributed by atoms with van der Waals surface area (Å²) < 4.78 is 6.97. The molecule has 1 unspecified atom stereocenters. The number of aromatic nitrogens is 2. The third-order valence-corrected chi connectivity index (χ3v) is 3.34. The van der Waals surface area contributed by atoms with E-state index in [1.165, 1.54) is 0 Å². The fourth-order valence-corrected chi connectivity index (χ4v) is 2.38. The number of furan rings is 1. The third-order valence-electron chi connectivity index (χ3n) is 3.34. The minimum Gasteiger partial charge on any atom is -0.472 e. The Kier molecular flexibility index (Phi) is 3.06. The van der Waals surface area contributed by atoms with Crippen LogP contribution in [0.2, 0.25) is 0 Å². The van der Waals surface area contributed by atoms with Crippen LogP contribution in [0.4, 0.5) is 0 Å². The first kappa shape index (κ1) is 12.0. The van der Waals surface area contributed by atoms with Crippen molar-refractivity contribution in [2.24, 2.45) is 12.9 Å². The largest absolute Gasteiger partial charge is 0.472 e. The molecule has 0 aliphatic carbocycles. The van der Waals surface area contributed by atoms with E-state index >= 15 is 0 Å². The lowest BCUT2D eigenvalue weighted by Crippen LogP contribution is -2.30. The van der Waals surface area contributed by atoms with Crippen LogP contribution < -0.4 is 11.3 Å². The zero-order valence-electron chi connectivity index (χ0n) is 10.7. The fourth-order valence-electron chi connectivity index (χ4n) is 2.38. The average molecular weight is 256 g/mol. The highest BCUT2D eigenvalue weighted by Gasteiger charge is 2.18. The normalized spacial score (nSPS) is 12.9. The fraction of sp³-hybridized carbons (Fsp3) is 0.214. The molecular formula is C14H16N4O. The Morgan fingerprint density at radius 2 is 2.21 bits per heavy atom. The number of nitrogens with two attached hydrogens (primary N) is 1. The average Bonchev–Trinajstić information content (AvgIpc) is 3.05. The molecule has 1 atom stereocenters. The molecule has 2 heterocycles. The summed E-state index contributed by atoms with van der Waals surface area (Å²) in [4.78, 5) is 0. The van der Waals surface area contributed by atoms with Crippen LogP contribution in [0.5, 0.6) is 0 Å². The molecule has 3 rings (SSSR count). The summed E-state index contributed by atoms with van der Waals surface area (Å²) >= 11 is 0. The highest BCUT2D eigenvalue weighted by molar-refractivity contribution is 5.82. The highest BCUT2D eigenvalue weighted by atomic mass is 16.3. The van der Waals surface area contributed by atoms with Crippen molar-refractivity contribution in [3.8, 4) is 0 Å². The number of nitrogens with zero attached hydrogens (tertiary/aromatic N) is 2. The van der Waals surface area contributed by atoms with Crippen molar-refractivity contribution in [1.82, 2.24) is 15.2 Å². The maximum absolute atomic E-state index is 5.69. The van der Waals surface area contributed by atoms with Gasteiger partial charge in [-0.15, -0.1) is 0 Å². The molecule has 3 aromatic rings. The molecular weight excluding hydrogens is 240 g/mol. The number of benzene rings is 1. The summed E-state index contributed by atoms with van der Waals surface area (Å²) in [6, 6.07) is 10.0. The zero-order chi connectivity index (χ0) is 13.2. The van der Waals surface area contributed by atoms with Crippen LogP contribution in [-0.4, -0.2) is 9.78 Å². The molecule has 0 aliphatic heterocycles. The summed E-state index contributed by atoms with van der Waals surface area (Å²) in [5.41, 5.74) is 6.00. The van der Waals surface area contributed by atoms with Gasteiger partial charge in [-0.3, -0.25) is 16.0 Å². The molecule has 0 saturated heterocycles. The molecule has 0 saturated carbocycles. The quantitative estimate of drug-likeness (QED) is 0.552. The van der Waals surface area contributed by atoms with E-state index in [9.17, 15) is 0 Å². The lowest BCUT2D eigenvalue weighted by Gasteiger charge is -2.12. The number of fused-ring (bicyclic) bond motifs is 1. The van der Waals surface area contributed by atoms with Gasteiger partial charge in [0.2, 0.25) is 0 Å². The van der Waals surface area contributed by atoms with Crippen LogP contribution in [0.3, 0.4) is 0 Å². The Morgan fingerprint density at radius 3 is 2.95 bits per heavy atom. The molecule has 2 aromatic heterocycles. The Hall–Kier alpha value is -2.11. The second kappa shape index (κ2) is 4.87. The molecule has 0 amide bonds. The molecule has 0 radical (unpaired) electrons. The molecule has 5 nitrogen and oxygen atoms in total. The van der Waals surface area contributed by atoms with E-state index in [0.29, 0.717) is 0 Å². The van der Waals surface area contributed by atoms with Crippen molar-refractivity contribution in [3.05, 3.63) is 54.1 Å². The van der Waals surface area contributed by atoms with E-state index in [1.807, 2.05) is 29.9 Å². The van der Waals surface area contributed by atoms with Gasteiger partial charge in [0.05, 0.1) is 29.8 Å². The van der Waals surface area contributed by atoms with Crippen LogP contribution in [0, 0.1) is 0 Å². The predicted octanol–water partition coefficient (Wildman–Crippen LogP) is 1.91. The van der Waals surface area contributed by atoms with Gasteiger partial charge in [0, 0.05) is 12.4 Å². The summed E-state index contributed by atoms with van der Waals surface area (Å²) in [6.45, 7) is 0. The van der Waals surface area contributed by atoms with Gasteiger partial charge >= 0.3 is 0 Å². The predicted molar refractivity (Wildman–Crippen MR) is 73.2 cm³/mol. The summed E-state index contributed by atoms with van der Waals surface area (Å²) in [6.07, 6.45) is 4.14. The number of hydrogen-bond donors (Lipinski definition) is 2. The number of nitrogens with one attached hydrogen (secondary N) is 1. The van der Waals surface area contributed by atoms with E-state index in [4.69, 9.17) is 10.3 Å². The van der Waals surface area contributed by atoms with Gasteiger partial charge in [-0.2, -0.15) is 5.10 Å². The minimum absolute atomic E-state index is 0.0382. The minimum atomic E-state index is -0.0382. The molecule has 98 valence electrons. The second-order valence-electron chi connectivity index (χ2n) is 4.58. The van der Waals surface area contributed by atoms with Gasteiger partial charge in [-0.25, -0.2) is 0 Å². The lowest BCUT2D eigenvalue weighted by molar-refractivity contribution is 0.522. The van der Waals surface area contributed by atoms with Crippen LogP contribution in [0.25, 0.3) is 10.9 Å². The van der Waals surface area contributed by atoms with E-state index < -0.39 is 0 Å². The Morgan fingerprint density at radius 1 is 1.37 bits per heavy atom. The monoisotopic (exact) mass is 256 g/mol. The number of para-hydroxylation sites is 1. The molecule has 0 fully saturated rings. The maximum atomic E-state index is 5.69. The molecule has 1 aromatic carbocycles.